The molecule has 3 rings (SSSR count). The molecule has 8 heteroatoms. The van der Waals surface area contributed by atoms with Gasteiger partial charge in [-0.05, 0) is 19.3 Å². The number of guanidine groups is 1. The molecule has 2 fully saturated rings. The second-order valence-corrected chi connectivity index (χ2v) is 5.57. The van der Waals surface area contributed by atoms with Crippen molar-refractivity contribution in [3.05, 3.63) is 11.7 Å². The maximum atomic E-state index is 5.84. The van der Waals surface area contributed by atoms with Gasteiger partial charge < -0.3 is 19.9 Å². The molecule has 1 aromatic heterocycles. The topological polar surface area (TPSA) is 84.6 Å². The lowest BCUT2D eigenvalue weighted by Crippen LogP contribution is -2.47. The van der Waals surface area contributed by atoms with E-state index >= 15 is 0 Å². The highest BCUT2D eigenvalue weighted by molar-refractivity contribution is 14.0. The molecule has 2 bridgehead atoms. The number of hydrogen-bond acceptors (Lipinski definition) is 5. The highest BCUT2D eigenvalue weighted by Gasteiger charge is 2.41. The molecule has 2 aliphatic rings. The fourth-order valence-electron chi connectivity index (χ4n) is 2.99. The van der Waals surface area contributed by atoms with Gasteiger partial charge in [-0.25, -0.2) is 0 Å². The van der Waals surface area contributed by atoms with Gasteiger partial charge in [-0.3, -0.25) is 4.99 Å². The molecular weight excluding hydrogens is 397 g/mol. The van der Waals surface area contributed by atoms with Gasteiger partial charge in [0.15, 0.2) is 11.8 Å². The molecule has 0 spiro atoms. The van der Waals surface area contributed by atoms with Crippen LogP contribution in [0.5, 0.6) is 0 Å². The number of rotatable bonds is 5. The number of nitrogens with zero attached hydrogens (tertiary/aromatic N) is 3. The van der Waals surface area contributed by atoms with Gasteiger partial charge in [0.05, 0.1) is 18.2 Å². The molecule has 0 aliphatic carbocycles. The van der Waals surface area contributed by atoms with Crippen molar-refractivity contribution in [2.45, 2.75) is 57.3 Å². The molecule has 7 nitrogen and oxygen atoms in total. The Balaban J connectivity index is 0.00000176. The van der Waals surface area contributed by atoms with Gasteiger partial charge in [0.2, 0.25) is 5.89 Å². The van der Waals surface area contributed by atoms with Gasteiger partial charge in [-0.2, -0.15) is 4.98 Å². The predicted molar refractivity (Wildman–Crippen MR) is 93.6 cm³/mol. The number of aliphatic imine (C=N–C) groups is 1. The first-order chi connectivity index (χ1) is 10.3. The van der Waals surface area contributed by atoms with Gasteiger partial charge in [0, 0.05) is 26.4 Å². The third kappa shape index (κ3) is 4.09. The lowest BCUT2D eigenvalue weighted by molar-refractivity contribution is 0.0992. The van der Waals surface area contributed by atoms with E-state index in [9.17, 15) is 0 Å². The minimum atomic E-state index is 0. The fourth-order valence-corrected chi connectivity index (χ4v) is 2.99. The van der Waals surface area contributed by atoms with Crippen molar-refractivity contribution in [2.75, 3.05) is 13.6 Å². The van der Waals surface area contributed by atoms with Gasteiger partial charge in [-0.1, -0.05) is 12.1 Å². The number of aromatic nitrogens is 2. The Labute approximate surface area is 147 Å². The van der Waals surface area contributed by atoms with Crippen molar-refractivity contribution in [2.24, 2.45) is 4.99 Å². The first-order valence-electron chi connectivity index (χ1n) is 7.72. The SMILES string of the molecule is CCc1nc(CCNC(=NC)NC2CC3CCC2O3)no1.I. The first kappa shape index (κ1) is 17.5. The smallest absolute Gasteiger partial charge is 0.226 e. The van der Waals surface area contributed by atoms with Crippen LogP contribution in [0.15, 0.2) is 9.52 Å². The van der Waals surface area contributed by atoms with Crippen molar-refractivity contribution < 1.29 is 9.26 Å². The summed E-state index contributed by atoms with van der Waals surface area (Å²) in [7, 11) is 1.78. The normalized spacial score (nSPS) is 26.8. The third-order valence-electron chi connectivity index (χ3n) is 4.11. The number of aryl methyl sites for hydroxylation is 1. The molecule has 3 unspecified atom stereocenters. The Morgan fingerprint density at radius 1 is 1.41 bits per heavy atom. The molecular formula is C14H24IN5O2. The van der Waals surface area contributed by atoms with Gasteiger partial charge in [0.1, 0.15) is 0 Å². The van der Waals surface area contributed by atoms with E-state index in [0.717, 1.165) is 44.0 Å². The zero-order chi connectivity index (χ0) is 14.7. The van der Waals surface area contributed by atoms with Crippen LogP contribution in [0, 0.1) is 0 Å². The molecule has 22 heavy (non-hydrogen) atoms. The number of nitrogens with one attached hydrogen (secondary N) is 2. The quantitative estimate of drug-likeness (QED) is 0.424. The van der Waals surface area contributed by atoms with Gasteiger partial charge in [0.25, 0.3) is 0 Å². The van der Waals surface area contributed by atoms with Crippen molar-refractivity contribution >= 4 is 29.9 Å². The van der Waals surface area contributed by atoms with E-state index in [0.29, 0.717) is 24.1 Å². The monoisotopic (exact) mass is 421 g/mol. The molecule has 0 radical (unpaired) electrons. The minimum Gasteiger partial charge on any atom is -0.373 e. The summed E-state index contributed by atoms with van der Waals surface area (Å²) in [6, 6.07) is 0.381. The Morgan fingerprint density at radius 3 is 2.86 bits per heavy atom. The standard InChI is InChI=1S/C14H23N5O2.HI/c1-3-13-18-12(19-21-13)6-7-16-14(15-2)17-10-8-9-4-5-11(10)20-9;/h9-11H,3-8H2,1-2H3,(H2,15,16,17);1H. The minimum absolute atomic E-state index is 0. The van der Waals surface area contributed by atoms with Crippen LogP contribution in [0.3, 0.4) is 0 Å². The fraction of sp³-hybridized carbons (Fsp3) is 0.786. The summed E-state index contributed by atoms with van der Waals surface area (Å²) in [4.78, 5) is 8.55. The first-order valence-corrected chi connectivity index (χ1v) is 7.72. The summed E-state index contributed by atoms with van der Waals surface area (Å²) >= 11 is 0. The van der Waals surface area contributed by atoms with Crippen LogP contribution in [0.2, 0.25) is 0 Å². The number of halogens is 1. The molecule has 2 N–H and O–H groups in total. The van der Waals surface area contributed by atoms with Crippen LogP contribution < -0.4 is 10.6 Å². The average Bonchev–Trinajstić information content (AvgIpc) is 3.22. The van der Waals surface area contributed by atoms with E-state index in [4.69, 9.17) is 9.26 Å². The van der Waals surface area contributed by atoms with Crippen molar-refractivity contribution in [1.82, 2.24) is 20.8 Å². The summed E-state index contributed by atoms with van der Waals surface area (Å²) in [5.74, 6) is 2.24. The van der Waals surface area contributed by atoms with Crippen molar-refractivity contribution in [3.63, 3.8) is 0 Å². The van der Waals surface area contributed by atoms with Crippen LogP contribution in [-0.4, -0.2) is 47.9 Å². The summed E-state index contributed by atoms with van der Waals surface area (Å²) in [6.45, 7) is 2.72. The Bertz CT molecular complexity index is 507. The number of fused-ring (bicyclic) bond motifs is 2. The predicted octanol–water partition coefficient (Wildman–Crippen LogP) is 1.28. The number of hydrogen-bond donors (Lipinski definition) is 2. The van der Waals surface area contributed by atoms with Crippen LogP contribution in [0.25, 0.3) is 0 Å². The summed E-state index contributed by atoms with van der Waals surface area (Å²) in [5.41, 5.74) is 0. The van der Waals surface area contributed by atoms with Crippen LogP contribution in [0.1, 0.15) is 37.9 Å². The zero-order valence-electron chi connectivity index (χ0n) is 13.0. The van der Waals surface area contributed by atoms with E-state index in [1.807, 2.05) is 6.92 Å². The summed E-state index contributed by atoms with van der Waals surface area (Å²) in [5, 5.41) is 10.7. The maximum Gasteiger partial charge on any atom is 0.226 e. The molecule has 3 atom stereocenters. The highest BCUT2D eigenvalue weighted by atomic mass is 127. The van der Waals surface area contributed by atoms with E-state index in [-0.39, 0.29) is 24.0 Å². The van der Waals surface area contributed by atoms with Crippen LogP contribution in [-0.2, 0) is 17.6 Å². The maximum absolute atomic E-state index is 5.84. The van der Waals surface area contributed by atoms with E-state index in [2.05, 4.69) is 25.8 Å². The molecule has 3 heterocycles. The Kier molecular flexibility index (Phi) is 6.42. The van der Waals surface area contributed by atoms with Crippen molar-refractivity contribution in [1.29, 1.82) is 0 Å². The third-order valence-corrected chi connectivity index (χ3v) is 4.11. The molecule has 2 aliphatic heterocycles. The molecule has 124 valence electrons. The lowest BCUT2D eigenvalue weighted by atomic mass is 9.96. The van der Waals surface area contributed by atoms with E-state index in [1.54, 1.807) is 7.05 Å². The summed E-state index contributed by atoms with van der Waals surface area (Å²) < 4.78 is 10.9. The highest BCUT2D eigenvalue weighted by Crippen LogP contribution is 2.34. The van der Waals surface area contributed by atoms with Gasteiger partial charge >= 0.3 is 0 Å². The number of ether oxygens (including phenoxy) is 1. The Morgan fingerprint density at radius 2 is 2.27 bits per heavy atom. The largest absolute Gasteiger partial charge is 0.373 e. The molecule has 2 saturated heterocycles. The van der Waals surface area contributed by atoms with Crippen LogP contribution >= 0.6 is 24.0 Å². The lowest BCUT2D eigenvalue weighted by Gasteiger charge is -2.22. The van der Waals surface area contributed by atoms with Crippen molar-refractivity contribution in [3.8, 4) is 0 Å². The van der Waals surface area contributed by atoms with E-state index in [1.165, 1.54) is 6.42 Å². The second-order valence-electron chi connectivity index (χ2n) is 5.57. The molecule has 1 aromatic rings. The average molecular weight is 421 g/mol. The zero-order valence-corrected chi connectivity index (χ0v) is 15.4. The molecule has 0 aromatic carbocycles. The van der Waals surface area contributed by atoms with E-state index < -0.39 is 0 Å². The molecule has 0 amide bonds. The van der Waals surface area contributed by atoms with Gasteiger partial charge in [-0.15, -0.1) is 24.0 Å². The second kappa shape index (κ2) is 8.09. The molecule has 0 saturated carbocycles. The van der Waals surface area contributed by atoms with Crippen LogP contribution in [0.4, 0.5) is 0 Å². The summed E-state index contributed by atoms with van der Waals surface area (Å²) in [6.07, 6.45) is 5.71. The Hall–Kier alpha value is -0.900.